The van der Waals surface area contributed by atoms with Crippen LogP contribution in [0.2, 0.25) is 10.0 Å². The van der Waals surface area contributed by atoms with Gasteiger partial charge in [-0.1, -0.05) is 23.2 Å². The Hall–Kier alpha value is -1.26. The largest absolute Gasteiger partial charge is 0.368 e. The summed E-state index contributed by atoms with van der Waals surface area (Å²) < 4.78 is 0. The number of carbonyl (C=O) groups is 2. The number of carbonyl (C=O) groups excluding carboxylic acids is 2. The van der Waals surface area contributed by atoms with Crippen molar-refractivity contribution in [2.75, 3.05) is 6.54 Å². The maximum Gasteiger partial charge on any atom is 0.251 e. The van der Waals surface area contributed by atoms with Gasteiger partial charge in [-0.05, 0) is 18.2 Å². The average Bonchev–Trinajstić information content (AvgIpc) is 2.12. The van der Waals surface area contributed by atoms with E-state index in [1.165, 1.54) is 18.2 Å². The van der Waals surface area contributed by atoms with Crippen molar-refractivity contribution in [3.05, 3.63) is 33.8 Å². The van der Waals surface area contributed by atoms with Gasteiger partial charge in [0.1, 0.15) is 0 Å². The first kappa shape index (κ1) is 11.8. The van der Waals surface area contributed by atoms with E-state index in [2.05, 4.69) is 5.32 Å². The van der Waals surface area contributed by atoms with Crippen molar-refractivity contribution in [1.82, 2.24) is 5.32 Å². The quantitative estimate of drug-likeness (QED) is 0.842. The molecule has 0 bridgehead atoms. The van der Waals surface area contributed by atoms with E-state index in [1.54, 1.807) is 0 Å². The van der Waals surface area contributed by atoms with Crippen molar-refractivity contribution in [3.63, 3.8) is 0 Å². The summed E-state index contributed by atoms with van der Waals surface area (Å²) >= 11 is 11.4. The highest BCUT2D eigenvalue weighted by Crippen LogP contribution is 2.18. The molecular weight excluding hydrogens is 239 g/mol. The fraction of sp³-hybridized carbons (Fsp3) is 0.111. The summed E-state index contributed by atoms with van der Waals surface area (Å²) in [5.41, 5.74) is 5.16. The van der Waals surface area contributed by atoms with Gasteiger partial charge in [0.25, 0.3) is 5.91 Å². The normalized spacial score (nSPS) is 9.73. The molecule has 0 aliphatic rings. The van der Waals surface area contributed by atoms with E-state index in [9.17, 15) is 9.59 Å². The lowest BCUT2D eigenvalue weighted by molar-refractivity contribution is -0.117. The topological polar surface area (TPSA) is 72.2 Å². The molecule has 2 amide bonds. The summed E-state index contributed by atoms with van der Waals surface area (Å²) in [4.78, 5) is 21.8. The van der Waals surface area contributed by atoms with Crippen LogP contribution < -0.4 is 11.1 Å². The number of halogens is 2. The number of hydrogen-bond donors (Lipinski definition) is 2. The van der Waals surface area contributed by atoms with E-state index in [0.717, 1.165) is 0 Å². The van der Waals surface area contributed by atoms with Gasteiger partial charge >= 0.3 is 0 Å². The molecule has 0 heterocycles. The second-order valence-corrected chi connectivity index (χ2v) is 3.68. The van der Waals surface area contributed by atoms with Crippen LogP contribution in [0.15, 0.2) is 18.2 Å². The van der Waals surface area contributed by atoms with Gasteiger partial charge in [-0.3, -0.25) is 9.59 Å². The lowest BCUT2D eigenvalue weighted by atomic mass is 10.2. The molecular formula is C9H8Cl2N2O2. The van der Waals surface area contributed by atoms with Crippen LogP contribution in [0.3, 0.4) is 0 Å². The first-order chi connectivity index (χ1) is 6.99. The van der Waals surface area contributed by atoms with Gasteiger partial charge in [-0.2, -0.15) is 0 Å². The minimum Gasteiger partial charge on any atom is -0.368 e. The molecule has 0 saturated heterocycles. The van der Waals surface area contributed by atoms with Crippen molar-refractivity contribution in [2.45, 2.75) is 0 Å². The highest BCUT2D eigenvalue weighted by molar-refractivity contribution is 6.35. The lowest BCUT2D eigenvalue weighted by Gasteiger charge is -2.03. The van der Waals surface area contributed by atoms with Gasteiger partial charge in [0, 0.05) is 15.6 Å². The van der Waals surface area contributed by atoms with Gasteiger partial charge in [-0.25, -0.2) is 0 Å². The molecule has 0 unspecified atom stereocenters. The molecule has 1 aromatic carbocycles. The maximum absolute atomic E-state index is 11.4. The highest BCUT2D eigenvalue weighted by Gasteiger charge is 2.08. The number of hydrogen-bond acceptors (Lipinski definition) is 2. The lowest BCUT2D eigenvalue weighted by Crippen LogP contribution is -2.33. The molecule has 0 spiro atoms. The summed E-state index contributed by atoms with van der Waals surface area (Å²) in [5, 5.41) is 3.03. The summed E-state index contributed by atoms with van der Waals surface area (Å²) in [7, 11) is 0. The molecule has 0 fully saturated rings. The molecule has 15 heavy (non-hydrogen) atoms. The molecule has 4 nitrogen and oxygen atoms in total. The molecule has 1 aromatic rings. The smallest absolute Gasteiger partial charge is 0.251 e. The van der Waals surface area contributed by atoms with Crippen LogP contribution in [0.1, 0.15) is 10.4 Å². The third kappa shape index (κ3) is 3.77. The van der Waals surface area contributed by atoms with E-state index in [4.69, 9.17) is 28.9 Å². The second-order valence-electron chi connectivity index (χ2n) is 2.81. The third-order valence-corrected chi connectivity index (χ3v) is 1.98. The average molecular weight is 247 g/mol. The summed E-state index contributed by atoms with van der Waals surface area (Å²) in [6, 6.07) is 4.40. The highest BCUT2D eigenvalue weighted by atomic mass is 35.5. The molecule has 0 aromatic heterocycles. The summed E-state index contributed by atoms with van der Waals surface area (Å²) in [6.45, 7) is -0.219. The van der Waals surface area contributed by atoms with Crippen molar-refractivity contribution in [3.8, 4) is 0 Å². The molecule has 0 atom stereocenters. The van der Waals surface area contributed by atoms with Crippen LogP contribution in [0.5, 0.6) is 0 Å². The molecule has 80 valence electrons. The zero-order chi connectivity index (χ0) is 11.4. The Morgan fingerprint density at radius 3 is 2.20 bits per heavy atom. The first-order valence-corrected chi connectivity index (χ1v) is 4.77. The fourth-order valence-electron chi connectivity index (χ4n) is 0.954. The van der Waals surface area contributed by atoms with E-state index in [-0.39, 0.29) is 12.1 Å². The van der Waals surface area contributed by atoms with Crippen molar-refractivity contribution in [1.29, 1.82) is 0 Å². The van der Waals surface area contributed by atoms with Gasteiger partial charge in [0.05, 0.1) is 6.54 Å². The van der Waals surface area contributed by atoms with Crippen LogP contribution in [0.25, 0.3) is 0 Å². The maximum atomic E-state index is 11.4. The molecule has 6 heteroatoms. The predicted octanol–water partition coefficient (Wildman–Crippen LogP) is 1.21. The Labute approximate surface area is 96.3 Å². The van der Waals surface area contributed by atoms with E-state index in [0.29, 0.717) is 10.0 Å². The van der Waals surface area contributed by atoms with E-state index in [1.807, 2.05) is 0 Å². The molecule has 0 aliphatic heterocycles. The number of primary amides is 1. The summed E-state index contributed by atoms with van der Waals surface area (Å²) in [6.07, 6.45) is 0. The zero-order valence-electron chi connectivity index (χ0n) is 7.59. The number of nitrogens with one attached hydrogen (secondary N) is 1. The summed E-state index contributed by atoms with van der Waals surface area (Å²) in [5.74, 6) is -1.06. The van der Waals surface area contributed by atoms with Crippen molar-refractivity contribution >= 4 is 35.0 Å². The van der Waals surface area contributed by atoms with Crippen LogP contribution in [-0.4, -0.2) is 18.4 Å². The zero-order valence-corrected chi connectivity index (χ0v) is 9.10. The number of nitrogens with two attached hydrogens (primary N) is 1. The number of amides is 2. The van der Waals surface area contributed by atoms with Gasteiger partial charge in [0.2, 0.25) is 5.91 Å². The standard InChI is InChI=1S/C9H8Cl2N2O2/c10-6-1-5(2-7(11)3-6)9(15)13-4-8(12)14/h1-3H,4H2,(H2,12,14)(H,13,15). The van der Waals surface area contributed by atoms with Crippen molar-refractivity contribution in [2.24, 2.45) is 5.73 Å². The second kappa shape index (κ2) is 5.00. The predicted molar refractivity (Wildman–Crippen MR) is 58.0 cm³/mol. The molecule has 0 aliphatic carbocycles. The van der Waals surface area contributed by atoms with Crippen LogP contribution in [0, 0.1) is 0 Å². The van der Waals surface area contributed by atoms with Gasteiger partial charge < -0.3 is 11.1 Å². The first-order valence-electron chi connectivity index (χ1n) is 4.01. The Kier molecular flexibility index (Phi) is 3.94. The van der Waals surface area contributed by atoms with E-state index < -0.39 is 11.8 Å². The molecule has 0 saturated carbocycles. The van der Waals surface area contributed by atoms with Crippen molar-refractivity contribution < 1.29 is 9.59 Å². The Balaban J connectivity index is 2.77. The number of rotatable bonds is 3. The van der Waals surface area contributed by atoms with E-state index >= 15 is 0 Å². The minimum absolute atomic E-state index is 0.219. The monoisotopic (exact) mass is 246 g/mol. The van der Waals surface area contributed by atoms with Gasteiger partial charge in [0.15, 0.2) is 0 Å². The van der Waals surface area contributed by atoms with Crippen LogP contribution >= 0.6 is 23.2 Å². The Morgan fingerprint density at radius 2 is 1.73 bits per heavy atom. The SMILES string of the molecule is NC(=O)CNC(=O)c1cc(Cl)cc(Cl)c1. The Morgan fingerprint density at radius 1 is 1.20 bits per heavy atom. The fourth-order valence-corrected chi connectivity index (χ4v) is 1.48. The number of benzene rings is 1. The third-order valence-electron chi connectivity index (χ3n) is 1.55. The molecule has 3 N–H and O–H groups in total. The van der Waals surface area contributed by atoms with Crippen LogP contribution in [-0.2, 0) is 4.79 Å². The minimum atomic E-state index is -0.614. The Bertz CT molecular complexity index is 387. The van der Waals surface area contributed by atoms with Gasteiger partial charge in [-0.15, -0.1) is 0 Å². The van der Waals surface area contributed by atoms with Crippen LogP contribution in [0.4, 0.5) is 0 Å². The molecule has 1 rings (SSSR count). The molecule has 0 radical (unpaired) electrons.